The molecule has 1 N–H and O–H groups in total. The lowest BCUT2D eigenvalue weighted by Gasteiger charge is -2.26. The number of rotatable bonds is 6. The third-order valence-corrected chi connectivity index (χ3v) is 4.00. The zero-order valence-electron chi connectivity index (χ0n) is 14.5. The molecule has 2 aromatic rings. The molecule has 0 fully saturated rings. The second-order valence-corrected chi connectivity index (χ2v) is 6.52. The Kier molecular flexibility index (Phi) is 5.73. The summed E-state index contributed by atoms with van der Waals surface area (Å²) in [6, 6.07) is 14.7. The Balaban J connectivity index is 2.08. The second-order valence-electron chi connectivity index (χ2n) is 6.08. The van der Waals surface area contributed by atoms with Gasteiger partial charge in [-0.15, -0.1) is 0 Å². The Morgan fingerprint density at radius 2 is 1.88 bits per heavy atom. The van der Waals surface area contributed by atoms with Crippen LogP contribution in [0.5, 0.6) is 5.75 Å². The summed E-state index contributed by atoms with van der Waals surface area (Å²) < 4.78 is 5.81. The molecule has 4 nitrogen and oxygen atoms in total. The normalized spacial score (nSPS) is 11.0. The van der Waals surface area contributed by atoms with Crippen molar-refractivity contribution < 1.29 is 9.53 Å². The summed E-state index contributed by atoms with van der Waals surface area (Å²) in [5, 5.41) is 3.54. The molecule has 0 saturated carbocycles. The molecule has 0 bridgehead atoms. The maximum absolute atomic E-state index is 12.6. The fraction of sp³-hybridized carbons (Fsp3) is 0.316. The molecule has 0 heterocycles. The Hall–Kier alpha value is -2.20. The van der Waals surface area contributed by atoms with Crippen molar-refractivity contribution in [3.05, 3.63) is 53.6 Å². The molecule has 0 radical (unpaired) electrons. The average molecular weight is 347 g/mol. The van der Waals surface area contributed by atoms with Crippen LogP contribution in [0.3, 0.4) is 0 Å². The van der Waals surface area contributed by atoms with Gasteiger partial charge in [0.05, 0.1) is 0 Å². The van der Waals surface area contributed by atoms with E-state index in [0.717, 1.165) is 17.9 Å². The van der Waals surface area contributed by atoms with E-state index >= 15 is 0 Å². The van der Waals surface area contributed by atoms with Crippen molar-refractivity contribution in [2.24, 2.45) is 0 Å². The summed E-state index contributed by atoms with van der Waals surface area (Å²) in [5.74, 6) is 0.382. The third-order valence-electron chi connectivity index (χ3n) is 3.75. The van der Waals surface area contributed by atoms with Crippen molar-refractivity contribution >= 4 is 28.9 Å². The molecule has 0 saturated heterocycles. The third kappa shape index (κ3) is 4.65. The highest BCUT2D eigenvalue weighted by atomic mass is 35.5. The first kappa shape index (κ1) is 18.1. The van der Waals surface area contributed by atoms with Gasteiger partial charge in [-0.25, -0.2) is 0 Å². The van der Waals surface area contributed by atoms with Crippen LogP contribution in [-0.2, 0) is 4.79 Å². The van der Waals surface area contributed by atoms with E-state index in [1.165, 1.54) is 0 Å². The first-order valence-electron chi connectivity index (χ1n) is 7.89. The van der Waals surface area contributed by atoms with Gasteiger partial charge in [-0.05, 0) is 63.2 Å². The fourth-order valence-electron chi connectivity index (χ4n) is 2.13. The van der Waals surface area contributed by atoms with Crippen molar-refractivity contribution in [3.8, 4) is 5.75 Å². The Morgan fingerprint density at radius 1 is 1.21 bits per heavy atom. The van der Waals surface area contributed by atoms with Crippen LogP contribution in [0.1, 0.15) is 20.8 Å². The minimum Gasteiger partial charge on any atom is -0.478 e. The van der Waals surface area contributed by atoms with Gasteiger partial charge in [-0.3, -0.25) is 4.79 Å². The Morgan fingerprint density at radius 3 is 2.50 bits per heavy atom. The van der Waals surface area contributed by atoms with Crippen LogP contribution in [0.4, 0.5) is 11.4 Å². The molecule has 0 aliphatic heterocycles. The lowest BCUT2D eigenvalue weighted by Crippen LogP contribution is -2.42. The number of nitrogens with one attached hydrogen (secondary N) is 1. The number of carbonyl (C=O) groups is 1. The summed E-state index contributed by atoms with van der Waals surface area (Å²) in [5.41, 5.74) is 0.776. The number of amides is 1. The van der Waals surface area contributed by atoms with Gasteiger partial charge in [0.1, 0.15) is 5.75 Å². The maximum Gasteiger partial charge on any atom is 0.267 e. The monoisotopic (exact) mass is 346 g/mol. The van der Waals surface area contributed by atoms with Gasteiger partial charge < -0.3 is 15.0 Å². The number of ether oxygens (including phenoxy) is 1. The van der Waals surface area contributed by atoms with Crippen LogP contribution in [0.2, 0.25) is 5.02 Å². The van der Waals surface area contributed by atoms with Gasteiger partial charge in [0.15, 0.2) is 5.60 Å². The van der Waals surface area contributed by atoms with Gasteiger partial charge in [0.2, 0.25) is 0 Å². The molecule has 0 aliphatic rings. The first-order chi connectivity index (χ1) is 11.3. The summed E-state index contributed by atoms with van der Waals surface area (Å²) in [6.45, 7) is 6.44. The van der Waals surface area contributed by atoms with Gasteiger partial charge in [-0.1, -0.05) is 17.7 Å². The number of halogens is 1. The van der Waals surface area contributed by atoms with Gasteiger partial charge in [-0.2, -0.15) is 0 Å². The van der Waals surface area contributed by atoms with Crippen LogP contribution in [0.25, 0.3) is 0 Å². The highest BCUT2D eigenvalue weighted by Crippen LogP contribution is 2.23. The van der Waals surface area contributed by atoms with Gasteiger partial charge >= 0.3 is 0 Å². The lowest BCUT2D eigenvalue weighted by molar-refractivity contribution is -0.128. The van der Waals surface area contributed by atoms with Crippen LogP contribution < -0.4 is 15.0 Å². The second kappa shape index (κ2) is 7.58. The zero-order valence-corrected chi connectivity index (χ0v) is 15.2. The quantitative estimate of drug-likeness (QED) is 0.831. The van der Waals surface area contributed by atoms with E-state index in [9.17, 15) is 4.79 Å². The predicted molar refractivity (Wildman–Crippen MR) is 100 cm³/mol. The number of carbonyl (C=O) groups excluding carboxylic acids is 1. The predicted octanol–water partition coefficient (Wildman–Crippen LogP) is 4.59. The number of nitrogens with zero attached hydrogens (tertiary/aromatic N) is 1. The van der Waals surface area contributed by atoms with E-state index < -0.39 is 5.60 Å². The van der Waals surface area contributed by atoms with Crippen molar-refractivity contribution in [2.45, 2.75) is 26.4 Å². The molecule has 0 aromatic heterocycles. The molecule has 0 unspecified atom stereocenters. The topological polar surface area (TPSA) is 41.6 Å². The fourth-order valence-corrected chi connectivity index (χ4v) is 2.25. The van der Waals surface area contributed by atoms with Crippen molar-refractivity contribution in [3.63, 3.8) is 0 Å². The molecule has 1 amide bonds. The molecule has 0 atom stereocenters. The first-order valence-corrected chi connectivity index (χ1v) is 8.27. The largest absolute Gasteiger partial charge is 0.478 e. The minimum absolute atomic E-state index is 0.214. The van der Waals surface area contributed by atoms with E-state index in [4.69, 9.17) is 16.3 Å². The van der Waals surface area contributed by atoms with E-state index in [-0.39, 0.29) is 5.91 Å². The van der Waals surface area contributed by atoms with Crippen LogP contribution in [-0.4, -0.2) is 25.1 Å². The molecule has 0 spiro atoms. The average Bonchev–Trinajstić information content (AvgIpc) is 2.56. The Bertz CT molecular complexity index is 699. The molecular formula is C19H23ClN2O2. The molecular weight excluding hydrogens is 324 g/mol. The molecule has 5 heteroatoms. The minimum atomic E-state index is -1.01. The van der Waals surface area contributed by atoms with E-state index in [2.05, 4.69) is 17.1 Å². The van der Waals surface area contributed by atoms with Crippen LogP contribution in [0.15, 0.2) is 48.5 Å². The van der Waals surface area contributed by atoms with E-state index in [0.29, 0.717) is 10.8 Å². The number of benzene rings is 2. The molecule has 0 aliphatic carbocycles. The summed E-state index contributed by atoms with van der Waals surface area (Å²) in [4.78, 5) is 14.7. The summed E-state index contributed by atoms with van der Waals surface area (Å²) >= 11 is 5.87. The summed E-state index contributed by atoms with van der Waals surface area (Å²) in [6.07, 6.45) is 0. The number of hydrogen-bond donors (Lipinski definition) is 1. The SMILES string of the molecule is CCN(C)c1cccc(NC(=O)C(C)(C)Oc2ccc(Cl)cc2)c1. The maximum atomic E-state index is 12.6. The van der Waals surface area contributed by atoms with E-state index in [1.54, 1.807) is 38.1 Å². The van der Waals surface area contributed by atoms with Crippen LogP contribution >= 0.6 is 11.6 Å². The smallest absolute Gasteiger partial charge is 0.267 e. The molecule has 128 valence electrons. The molecule has 2 rings (SSSR count). The Labute approximate surface area is 148 Å². The highest BCUT2D eigenvalue weighted by molar-refractivity contribution is 6.30. The molecule has 24 heavy (non-hydrogen) atoms. The van der Waals surface area contributed by atoms with Crippen molar-refractivity contribution in [1.82, 2.24) is 0 Å². The number of hydrogen-bond acceptors (Lipinski definition) is 3. The highest BCUT2D eigenvalue weighted by Gasteiger charge is 2.30. The lowest BCUT2D eigenvalue weighted by atomic mass is 10.1. The van der Waals surface area contributed by atoms with Gasteiger partial charge in [0.25, 0.3) is 5.91 Å². The van der Waals surface area contributed by atoms with Crippen molar-refractivity contribution in [1.29, 1.82) is 0 Å². The number of anilines is 2. The standard InChI is InChI=1S/C19H23ClN2O2/c1-5-22(4)16-8-6-7-15(13-16)21-18(23)19(2,3)24-17-11-9-14(20)10-12-17/h6-13H,5H2,1-4H3,(H,21,23). The zero-order chi connectivity index (χ0) is 17.7. The van der Waals surface area contributed by atoms with E-state index in [1.807, 2.05) is 31.3 Å². The van der Waals surface area contributed by atoms with Gasteiger partial charge in [0, 0.05) is 30.0 Å². The molecule has 2 aromatic carbocycles. The van der Waals surface area contributed by atoms with Crippen molar-refractivity contribution in [2.75, 3.05) is 23.8 Å². The van der Waals surface area contributed by atoms with Crippen LogP contribution in [0, 0.1) is 0 Å². The summed E-state index contributed by atoms with van der Waals surface area (Å²) in [7, 11) is 2.01.